The average molecular weight is 449 g/mol. The lowest BCUT2D eigenvalue weighted by molar-refractivity contribution is -0.137. The van der Waals surface area contributed by atoms with Gasteiger partial charge in [-0.25, -0.2) is 0 Å². The van der Waals surface area contributed by atoms with Gasteiger partial charge in [-0.05, 0) is 36.6 Å². The van der Waals surface area contributed by atoms with Crippen molar-refractivity contribution in [1.29, 1.82) is 0 Å². The van der Waals surface area contributed by atoms with Gasteiger partial charge in [-0.15, -0.1) is 0 Å². The Morgan fingerprint density at radius 2 is 1.75 bits per heavy atom. The first-order chi connectivity index (χ1) is 15.4. The number of nitrogens with two attached hydrogens (primary N) is 1. The molecule has 9 heteroatoms. The predicted molar refractivity (Wildman–Crippen MR) is 115 cm³/mol. The van der Waals surface area contributed by atoms with Gasteiger partial charge in [0.1, 0.15) is 0 Å². The molecule has 1 saturated heterocycles. The Hall–Kier alpha value is -2.94. The van der Waals surface area contributed by atoms with Gasteiger partial charge in [0, 0.05) is 36.8 Å². The molecule has 2 aliphatic rings. The summed E-state index contributed by atoms with van der Waals surface area (Å²) in [6, 6.07) is 10.9. The van der Waals surface area contributed by atoms with Crippen LogP contribution in [0.15, 0.2) is 47.5 Å². The van der Waals surface area contributed by atoms with Gasteiger partial charge >= 0.3 is 6.18 Å². The third-order valence-corrected chi connectivity index (χ3v) is 5.82. The first-order valence-corrected chi connectivity index (χ1v) is 10.6. The van der Waals surface area contributed by atoms with Crippen LogP contribution in [-0.4, -0.2) is 38.9 Å². The molecule has 0 bridgehead atoms. The Kier molecular flexibility index (Phi) is 6.45. The number of guanidine groups is 1. The molecule has 3 N–H and O–H groups in total. The molecule has 2 aromatic rings. The maximum Gasteiger partial charge on any atom is 0.416 e. The molecule has 0 aromatic heterocycles. The fourth-order valence-electron chi connectivity index (χ4n) is 3.99. The first kappa shape index (κ1) is 22.3. The van der Waals surface area contributed by atoms with E-state index in [1.165, 1.54) is 12.1 Å². The van der Waals surface area contributed by atoms with Gasteiger partial charge in [0.15, 0.2) is 17.5 Å². The molecular weight excluding hydrogens is 423 g/mol. The molecular formula is C23H26F3N3O3. The molecule has 0 radical (unpaired) electrons. The predicted octanol–water partition coefficient (Wildman–Crippen LogP) is 4.34. The first-order valence-electron chi connectivity index (χ1n) is 10.6. The van der Waals surface area contributed by atoms with Crippen molar-refractivity contribution < 1.29 is 27.4 Å². The van der Waals surface area contributed by atoms with Crippen molar-refractivity contribution >= 4 is 11.6 Å². The number of alkyl halides is 3. The Morgan fingerprint density at radius 3 is 2.50 bits per heavy atom. The van der Waals surface area contributed by atoms with Crippen molar-refractivity contribution in [3.63, 3.8) is 0 Å². The smallest absolute Gasteiger partial charge is 0.416 e. The highest BCUT2D eigenvalue weighted by atomic mass is 19.4. The monoisotopic (exact) mass is 449 g/mol. The fraction of sp³-hybridized carbons (Fsp3) is 0.435. The number of ether oxygens (including phenoxy) is 3. The zero-order valence-corrected chi connectivity index (χ0v) is 17.6. The summed E-state index contributed by atoms with van der Waals surface area (Å²) < 4.78 is 56.6. The van der Waals surface area contributed by atoms with Gasteiger partial charge in [0.2, 0.25) is 0 Å². The van der Waals surface area contributed by atoms with E-state index in [-0.39, 0.29) is 12.5 Å². The highest BCUT2D eigenvalue weighted by Gasteiger charge is 2.37. The van der Waals surface area contributed by atoms with Gasteiger partial charge in [0.05, 0.1) is 25.3 Å². The standard InChI is InChI=1S/C23H26F3N3O3/c24-23(25,26)17-4-1-3-16(13-17)22(7-11-30-12-8-22)15-28-21(27)29-18-5-6-19-20(14-18)32-10-2-9-31-19/h1,3-6,13-14H,2,7-12,15H2,(H3,27,28,29). The summed E-state index contributed by atoms with van der Waals surface area (Å²) in [6.07, 6.45) is -2.46. The van der Waals surface area contributed by atoms with Crippen molar-refractivity contribution in [3.8, 4) is 11.5 Å². The minimum Gasteiger partial charge on any atom is -0.490 e. The van der Waals surface area contributed by atoms with Crippen LogP contribution in [0.25, 0.3) is 0 Å². The highest BCUT2D eigenvalue weighted by molar-refractivity contribution is 5.92. The van der Waals surface area contributed by atoms with Crippen LogP contribution in [0.2, 0.25) is 0 Å². The van der Waals surface area contributed by atoms with Crippen LogP contribution in [0.5, 0.6) is 11.5 Å². The van der Waals surface area contributed by atoms with E-state index in [1.54, 1.807) is 18.2 Å². The third-order valence-electron chi connectivity index (χ3n) is 5.82. The summed E-state index contributed by atoms with van der Waals surface area (Å²) in [5.41, 5.74) is 6.18. The number of nitrogens with zero attached hydrogens (tertiary/aromatic N) is 1. The highest BCUT2D eigenvalue weighted by Crippen LogP contribution is 2.38. The Morgan fingerprint density at radius 1 is 1.00 bits per heavy atom. The molecule has 1 fully saturated rings. The second-order valence-corrected chi connectivity index (χ2v) is 8.01. The molecule has 0 saturated carbocycles. The van der Waals surface area contributed by atoms with Gasteiger partial charge < -0.3 is 25.3 Å². The maximum atomic E-state index is 13.3. The molecule has 0 aliphatic carbocycles. The lowest BCUT2D eigenvalue weighted by atomic mass is 9.74. The number of halogens is 3. The minimum atomic E-state index is -4.40. The quantitative estimate of drug-likeness (QED) is 0.536. The van der Waals surface area contributed by atoms with Crippen LogP contribution in [0, 0.1) is 0 Å². The van der Waals surface area contributed by atoms with Gasteiger partial charge in [-0.3, -0.25) is 4.99 Å². The second kappa shape index (κ2) is 9.28. The number of anilines is 1. The van der Waals surface area contributed by atoms with E-state index in [9.17, 15) is 13.2 Å². The van der Waals surface area contributed by atoms with E-state index in [2.05, 4.69) is 10.3 Å². The molecule has 172 valence electrons. The zero-order valence-electron chi connectivity index (χ0n) is 17.6. The molecule has 2 heterocycles. The number of rotatable bonds is 4. The summed E-state index contributed by atoms with van der Waals surface area (Å²) in [4.78, 5) is 4.49. The van der Waals surface area contributed by atoms with Gasteiger partial charge in [-0.1, -0.05) is 18.2 Å². The van der Waals surface area contributed by atoms with Crippen LogP contribution in [0.4, 0.5) is 18.9 Å². The number of hydrogen-bond donors (Lipinski definition) is 2. The SMILES string of the molecule is NC(=NCC1(c2cccc(C(F)(F)F)c2)CCOCC1)Nc1ccc2c(c1)OCCCO2. The van der Waals surface area contributed by atoms with E-state index in [0.29, 0.717) is 62.0 Å². The van der Waals surface area contributed by atoms with E-state index in [0.717, 1.165) is 12.5 Å². The Labute approximate surface area is 184 Å². The van der Waals surface area contributed by atoms with Crippen molar-refractivity contribution in [2.75, 3.05) is 38.3 Å². The van der Waals surface area contributed by atoms with E-state index >= 15 is 0 Å². The molecule has 6 nitrogen and oxygen atoms in total. The fourth-order valence-corrected chi connectivity index (χ4v) is 3.99. The van der Waals surface area contributed by atoms with Gasteiger partial charge in [-0.2, -0.15) is 13.2 Å². The zero-order chi connectivity index (χ0) is 22.6. The molecule has 2 aliphatic heterocycles. The lowest BCUT2D eigenvalue weighted by Gasteiger charge is -2.37. The largest absolute Gasteiger partial charge is 0.490 e. The van der Waals surface area contributed by atoms with E-state index in [1.807, 2.05) is 6.07 Å². The van der Waals surface area contributed by atoms with Crippen molar-refractivity contribution in [2.45, 2.75) is 30.9 Å². The topological polar surface area (TPSA) is 78.1 Å². The van der Waals surface area contributed by atoms with E-state index < -0.39 is 17.2 Å². The number of hydrogen-bond acceptors (Lipinski definition) is 4. The molecule has 0 unspecified atom stereocenters. The summed E-state index contributed by atoms with van der Waals surface area (Å²) in [6.45, 7) is 2.34. The number of nitrogens with one attached hydrogen (secondary N) is 1. The summed E-state index contributed by atoms with van der Waals surface area (Å²) in [7, 11) is 0. The Balaban J connectivity index is 1.53. The Bertz CT molecular complexity index is 972. The second-order valence-electron chi connectivity index (χ2n) is 8.01. The van der Waals surface area contributed by atoms with Crippen LogP contribution >= 0.6 is 0 Å². The van der Waals surface area contributed by atoms with E-state index in [4.69, 9.17) is 19.9 Å². The van der Waals surface area contributed by atoms with Crippen molar-refractivity contribution in [2.24, 2.45) is 10.7 Å². The number of benzene rings is 2. The summed E-state index contributed by atoms with van der Waals surface area (Å²) >= 11 is 0. The van der Waals surface area contributed by atoms with Crippen molar-refractivity contribution in [3.05, 3.63) is 53.6 Å². The third kappa shape index (κ3) is 5.09. The number of fused-ring (bicyclic) bond motifs is 1. The molecule has 2 aromatic carbocycles. The van der Waals surface area contributed by atoms with Crippen LogP contribution in [0.3, 0.4) is 0 Å². The minimum absolute atomic E-state index is 0.178. The van der Waals surface area contributed by atoms with Crippen molar-refractivity contribution in [1.82, 2.24) is 0 Å². The summed E-state index contributed by atoms with van der Waals surface area (Å²) in [5.74, 6) is 1.48. The van der Waals surface area contributed by atoms with Crippen LogP contribution in [0.1, 0.15) is 30.4 Å². The average Bonchev–Trinajstić information content (AvgIpc) is 3.03. The summed E-state index contributed by atoms with van der Waals surface area (Å²) in [5, 5.41) is 3.04. The normalized spacial score (nSPS) is 18.7. The number of aliphatic imine (C=N–C) groups is 1. The molecule has 0 amide bonds. The molecule has 0 atom stereocenters. The lowest BCUT2D eigenvalue weighted by Crippen LogP contribution is -2.38. The molecule has 32 heavy (non-hydrogen) atoms. The van der Waals surface area contributed by atoms with Crippen LogP contribution < -0.4 is 20.5 Å². The molecule has 4 rings (SSSR count). The maximum absolute atomic E-state index is 13.3. The van der Waals surface area contributed by atoms with Crippen LogP contribution in [-0.2, 0) is 16.3 Å². The van der Waals surface area contributed by atoms with Gasteiger partial charge in [0.25, 0.3) is 0 Å². The molecule has 0 spiro atoms.